The predicted molar refractivity (Wildman–Crippen MR) is 79.0 cm³/mol. The summed E-state index contributed by atoms with van der Waals surface area (Å²) in [6.45, 7) is 0.291. The van der Waals surface area contributed by atoms with Crippen LogP contribution in [0.4, 0.5) is 11.4 Å². The van der Waals surface area contributed by atoms with Gasteiger partial charge in [-0.3, -0.25) is 10.1 Å². The lowest BCUT2D eigenvalue weighted by Crippen LogP contribution is -2.36. The minimum Gasteiger partial charge on any atom is -0.388 e. The van der Waals surface area contributed by atoms with Crippen LogP contribution in [0.15, 0.2) is 18.2 Å². The highest BCUT2D eigenvalue weighted by Gasteiger charge is 2.28. The van der Waals surface area contributed by atoms with E-state index in [1.54, 1.807) is 0 Å². The van der Waals surface area contributed by atoms with E-state index in [4.69, 9.17) is 5.26 Å². The highest BCUT2D eigenvalue weighted by Crippen LogP contribution is 2.30. The summed E-state index contributed by atoms with van der Waals surface area (Å²) in [4.78, 5) is 10.6. The van der Waals surface area contributed by atoms with E-state index in [1.807, 2.05) is 6.07 Å². The van der Waals surface area contributed by atoms with Gasteiger partial charge in [-0.2, -0.15) is 5.26 Å². The fourth-order valence-electron chi connectivity index (χ4n) is 2.72. The van der Waals surface area contributed by atoms with Crippen LogP contribution < -0.4 is 5.32 Å². The predicted octanol–water partition coefficient (Wildman–Crippen LogP) is 2.96. The van der Waals surface area contributed by atoms with E-state index >= 15 is 0 Å². The third-order valence-corrected chi connectivity index (χ3v) is 3.97. The second-order valence-electron chi connectivity index (χ2n) is 5.59. The van der Waals surface area contributed by atoms with Crippen LogP contribution in [0.2, 0.25) is 0 Å². The maximum Gasteiger partial charge on any atom is 0.293 e. The third-order valence-electron chi connectivity index (χ3n) is 3.97. The van der Waals surface area contributed by atoms with Crippen molar-refractivity contribution in [2.75, 3.05) is 11.9 Å². The first-order valence-electron chi connectivity index (χ1n) is 7.19. The number of rotatable bonds is 4. The third kappa shape index (κ3) is 3.92. The quantitative estimate of drug-likeness (QED) is 0.504. The summed E-state index contributed by atoms with van der Waals surface area (Å²) in [6, 6.07) is 6.20. The molecule has 2 N–H and O–H groups in total. The summed E-state index contributed by atoms with van der Waals surface area (Å²) in [5, 5.41) is 33.4. The Labute approximate surface area is 123 Å². The molecular weight excluding hydrogens is 270 g/mol. The average molecular weight is 289 g/mol. The molecule has 2 rings (SSSR count). The molecule has 1 aliphatic carbocycles. The lowest BCUT2D eigenvalue weighted by molar-refractivity contribution is -0.384. The molecular formula is C15H19N3O3. The van der Waals surface area contributed by atoms with Crippen LogP contribution in [-0.4, -0.2) is 22.2 Å². The van der Waals surface area contributed by atoms with E-state index in [0.29, 0.717) is 25.1 Å². The van der Waals surface area contributed by atoms with Gasteiger partial charge in [-0.05, 0) is 25.0 Å². The zero-order valence-electron chi connectivity index (χ0n) is 11.8. The van der Waals surface area contributed by atoms with Gasteiger partial charge in [-0.1, -0.05) is 25.7 Å². The minimum absolute atomic E-state index is 0.133. The Hall–Kier alpha value is -2.13. The van der Waals surface area contributed by atoms with Gasteiger partial charge in [0, 0.05) is 12.6 Å². The molecule has 1 aromatic carbocycles. The van der Waals surface area contributed by atoms with Crippen LogP contribution in [0.25, 0.3) is 0 Å². The summed E-state index contributed by atoms with van der Waals surface area (Å²) in [6.07, 6.45) is 5.63. The lowest BCUT2D eigenvalue weighted by atomic mass is 9.94. The standard InChI is InChI=1S/C15H19N3O3/c16-10-12-5-6-13(14(9-12)18(20)21)17-11-15(19)7-3-1-2-4-8-15/h5-6,9,17,19H,1-4,7-8,11H2. The zero-order chi connectivity index (χ0) is 15.3. The molecule has 0 bridgehead atoms. The van der Waals surface area contributed by atoms with Gasteiger partial charge in [0.25, 0.3) is 5.69 Å². The fourth-order valence-corrected chi connectivity index (χ4v) is 2.72. The maximum absolute atomic E-state index is 11.1. The summed E-state index contributed by atoms with van der Waals surface area (Å²) in [5.41, 5.74) is -0.346. The van der Waals surface area contributed by atoms with Crippen molar-refractivity contribution in [2.45, 2.75) is 44.1 Å². The van der Waals surface area contributed by atoms with Crippen LogP contribution in [-0.2, 0) is 0 Å². The Morgan fingerprint density at radius 3 is 2.57 bits per heavy atom. The fraction of sp³-hybridized carbons (Fsp3) is 0.533. The van der Waals surface area contributed by atoms with Crippen molar-refractivity contribution in [3.8, 4) is 6.07 Å². The summed E-state index contributed by atoms with van der Waals surface area (Å²) in [7, 11) is 0. The molecule has 1 fully saturated rings. The van der Waals surface area contributed by atoms with Gasteiger partial charge < -0.3 is 10.4 Å². The number of hydrogen-bond donors (Lipinski definition) is 2. The molecule has 6 heteroatoms. The van der Waals surface area contributed by atoms with E-state index in [-0.39, 0.29) is 11.3 Å². The molecule has 0 saturated heterocycles. The number of nitrogens with one attached hydrogen (secondary N) is 1. The van der Waals surface area contributed by atoms with Crippen LogP contribution in [0.5, 0.6) is 0 Å². The second-order valence-corrected chi connectivity index (χ2v) is 5.59. The number of nitriles is 1. The summed E-state index contributed by atoms with van der Waals surface area (Å²) < 4.78 is 0. The van der Waals surface area contributed by atoms with Gasteiger partial charge in [0.05, 0.1) is 22.2 Å². The van der Waals surface area contributed by atoms with Crippen molar-refractivity contribution in [2.24, 2.45) is 0 Å². The molecule has 0 unspecified atom stereocenters. The minimum atomic E-state index is -0.807. The monoisotopic (exact) mass is 289 g/mol. The normalized spacial score (nSPS) is 17.5. The Morgan fingerprint density at radius 1 is 1.33 bits per heavy atom. The Morgan fingerprint density at radius 2 is 2.00 bits per heavy atom. The van der Waals surface area contributed by atoms with Crippen LogP contribution in [0, 0.1) is 21.4 Å². The SMILES string of the molecule is N#Cc1ccc(NCC2(O)CCCCCC2)c([N+](=O)[O-])c1. The number of aliphatic hydroxyl groups is 1. The highest BCUT2D eigenvalue weighted by molar-refractivity contribution is 5.64. The number of hydrogen-bond acceptors (Lipinski definition) is 5. The van der Waals surface area contributed by atoms with Crippen LogP contribution in [0.1, 0.15) is 44.1 Å². The van der Waals surface area contributed by atoms with Crippen molar-refractivity contribution >= 4 is 11.4 Å². The van der Waals surface area contributed by atoms with Gasteiger partial charge in [-0.25, -0.2) is 0 Å². The highest BCUT2D eigenvalue weighted by atomic mass is 16.6. The number of nitro groups is 1. The molecule has 112 valence electrons. The zero-order valence-corrected chi connectivity index (χ0v) is 11.8. The lowest BCUT2D eigenvalue weighted by Gasteiger charge is -2.27. The van der Waals surface area contributed by atoms with Gasteiger partial charge in [-0.15, -0.1) is 0 Å². The Kier molecular flexibility index (Phi) is 4.76. The Bertz CT molecular complexity index is 558. The van der Waals surface area contributed by atoms with Gasteiger partial charge in [0.15, 0.2) is 0 Å². The number of anilines is 1. The van der Waals surface area contributed by atoms with Crippen molar-refractivity contribution in [3.63, 3.8) is 0 Å². The van der Waals surface area contributed by atoms with E-state index < -0.39 is 10.5 Å². The van der Waals surface area contributed by atoms with E-state index in [1.165, 1.54) is 18.2 Å². The van der Waals surface area contributed by atoms with Gasteiger partial charge >= 0.3 is 0 Å². The Balaban J connectivity index is 2.12. The second kappa shape index (κ2) is 6.55. The van der Waals surface area contributed by atoms with Crippen molar-refractivity contribution in [1.29, 1.82) is 5.26 Å². The number of benzene rings is 1. The summed E-state index contributed by atoms with van der Waals surface area (Å²) >= 11 is 0. The largest absolute Gasteiger partial charge is 0.388 e. The molecule has 0 radical (unpaired) electrons. The average Bonchev–Trinajstić information content (AvgIpc) is 2.70. The molecule has 6 nitrogen and oxygen atoms in total. The van der Waals surface area contributed by atoms with Gasteiger partial charge in [0.1, 0.15) is 5.69 Å². The number of nitrogens with zero attached hydrogens (tertiary/aromatic N) is 2. The van der Waals surface area contributed by atoms with Crippen molar-refractivity contribution in [1.82, 2.24) is 0 Å². The van der Waals surface area contributed by atoms with Crippen LogP contribution in [0.3, 0.4) is 0 Å². The van der Waals surface area contributed by atoms with E-state index in [0.717, 1.165) is 25.7 Å². The molecule has 0 aromatic heterocycles. The molecule has 0 atom stereocenters. The molecule has 0 heterocycles. The molecule has 1 saturated carbocycles. The van der Waals surface area contributed by atoms with E-state index in [9.17, 15) is 15.2 Å². The molecule has 21 heavy (non-hydrogen) atoms. The maximum atomic E-state index is 11.1. The van der Waals surface area contributed by atoms with Crippen molar-refractivity contribution < 1.29 is 10.0 Å². The first-order valence-corrected chi connectivity index (χ1v) is 7.19. The topological polar surface area (TPSA) is 99.2 Å². The molecule has 0 spiro atoms. The first kappa shape index (κ1) is 15.3. The smallest absolute Gasteiger partial charge is 0.293 e. The summed E-state index contributed by atoms with van der Waals surface area (Å²) in [5.74, 6) is 0. The number of nitro benzene ring substituents is 1. The molecule has 0 amide bonds. The molecule has 0 aliphatic heterocycles. The van der Waals surface area contributed by atoms with Crippen molar-refractivity contribution in [3.05, 3.63) is 33.9 Å². The molecule has 1 aromatic rings. The van der Waals surface area contributed by atoms with Gasteiger partial charge in [0.2, 0.25) is 0 Å². The van der Waals surface area contributed by atoms with E-state index in [2.05, 4.69) is 5.32 Å². The first-order chi connectivity index (χ1) is 10.0. The van der Waals surface area contributed by atoms with Crippen LogP contribution >= 0.6 is 0 Å². The molecule has 1 aliphatic rings.